The van der Waals surface area contributed by atoms with Crippen LogP contribution < -0.4 is 0 Å². The van der Waals surface area contributed by atoms with E-state index in [4.69, 9.17) is 9.47 Å². The van der Waals surface area contributed by atoms with Gasteiger partial charge in [-0.3, -0.25) is 0 Å². The van der Waals surface area contributed by atoms with Gasteiger partial charge in [-0.2, -0.15) is 0 Å². The second-order valence-corrected chi connectivity index (χ2v) is 7.40. The lowest BCUT2D eigenvalue weighted by atomic mass is 9.94. The SMILES string of the molecule is O=C(/C=C/c1ccc(O)c(O)c1)O[C@H]1CCCC[C@@H]1OC(=O)/C=C/c1ccc(O)c(O)c1. The molecule has 168 valence electrons. The third kappa shape index (κ3) is 6.28. The molecule has 1 aliphatic rings. The first-order valence-corrected chi connectivity index (χ1v) is 10.1. The molecule has 0 amide bonds. The van der Waals surface area contributed by atoms with Crippen molar-refractivity contribution in [3.8, 4) is 23.0 Å². The summed E-state index contributed by atoms with van der Waals surface area (Å²) in [7, 11) is 0. The van der Waals surface area contributed by atoms with Crippen LogP contribution in [0.5, 0.6) is 23.0 Å². The summed E-state index contributed by atoms with van der Waals surface area (Å²) < 4.78 is 10.9. The van der Waals surface area contributed by atoms with Gasteiger partial charge in [-0.05, 0) is 73.2 Å². The largest absolute Gasteiger partial charge is 0.504 e. The minimum Gasteiger partial charge on any atom is -0.504 e. The Labute approximate surface area is 184 Å². The summed E-state index contributed by atoms with van der Waals surface area (Å²) in [6.07, 6.45) is 6.94. The summed E-state index contributed by atoms with van der Waals surface area (Å²) in [5.41, 5.74) is 1.02. The van der Waals surface area contributed by atoms with Gasteiger partial charge in [0, 0.05) is 12.2 Å². The molecule has 8 nitrogen and oxygen atoms in total. The van der Waals surface area contributed by atoms with Crippen molar-refractivity contribution in [3.63, 3.8) is 0 Å². The average Bonchev–Trinajstić information content (AvgIpc) is 2.77. The fourth-order valence-electron chi connectivity index (χ4n) is 3.33. The van der Waals surface area contributed by atoms with Crippen LogP contribution in [-0.4, -0.2) is 44.6 Å². The van der Waals surface area contributed by atoms with E-state index >= 15 is 0 Å². The van der Waals surface area contributed by atoms with E-state index in [0.717, 1.165) is 12.8 Å². The van der Waals surface area contributed by atoms with Crippen LogP contribution in [-0.2, 0) is 19.1 Å². The molecule has 0 heterocycles. The van der Waals surface area contributed by atoms with Crippen molar-refractivity contribution in [1.82, 2.24) is 0 Å². The van der Waals surface area contributed by atoms with Crippen LogP contribution in [0.3, 0.4) is 0 Å². The molecule has 0 aromatic heterocycles. The standard InChI is InChI=1S/C24H24O8/c25-17-9-5-15(13-19(17)27)7-11-23(29)31-21-3-1-2-4-22(21)32-24(30)12-8-16-6-10-18(26)20(28)14-16/h5-14,21-22,25-28H,1-4H2/b11-7+,12-8+/t21-,22-/m0/s1. The molecule has 2 atom stereocenters. The molecule has 0 saturated heterocycles. The Bertz CT molecular complexity index is 957. The number of benzene rings is 2. The number of aromatic hydroxyl groups is 4. The van der Waals surface area contributed by atoms with Crippen LogP contribution in [0.4, 0.5) is 0 Å². The first-order chi connectivity index (χ1) is 15.3. The molecule has 2 aromatic rings. The number of carbonyl (C=O) groups excluding carboxylic acids is 2. The lowest BCUT2D eigenvalue weighted by Gasteiger charge is -2.30. The maximum atomic E-state index is 12.2. The number of hydrogen-bond donors (Lipinski definition) is 4. The number of phenolic OH excluding ortho intramolecular Hbond substituents is 4. The molecule has 4 N–H and O–H groups in total. The number of carbonyl (C=O) groups is 2. The van der Waals surface area contributed by atoms with Crippen LogP contribution in [0.15, 0.2) is 48.6 Å². The molecule has 2 aromatic carbocycles. The Kier molecular flexibility index (Phi) is 7.38. The number of esters is 2. The number of hydrogen-bond acceptors (Lipinski definition) is 8. The van der Waals surface area contributed by atoms with Crippen LogP contribution >= 0.6 is 0 Å². The van der Waals surface area contributed by atoms with Gasteiger partial charge in [-0.1, -0.05) is 12.1 Å². The molecule has 8 heteroatoms. The molecule has 1 saturated carbocycles. The fraction of sp³-hybridized carbons (Fsp3) is 0.250. The van der Waals surface area contributed by atoms with Crippen molar-refractivity contribution in [2.24, 2.45) is 0 Å². The third-order valence-corrected chi connectivity index (χ3v) is 5.00. The van der Waals surface area contributed by atoms with E-state index in [-0.39, 0.29) is 23.0 Å². The highest BCUT2D eigenvalue weighted by Crippen LogP contribution is 2.27. The first-order valence-electron chi connectivity index (χ1n) is 10.1. The zero-order chi connectivity index (χ0) is 23.1. The maximum Gasteiger partial charge on any atom is 0.331 e. The minimum atomic E-state index is -0.611. The second kappa shape index (κ2) is 10.4. The molecule has 0 spiro atoms. The fourth-order valence-corrected chi connectivity index (χ4v) is 3.33. The predicted molar refractivity (Wildman–Crippen MR) is 116 cm³/mol. The van der Waals surface area contributed by atoms with Crippen molar-refractivity contribution >= 4 is 24.1 Å². The lowest BCUT2D eigenvalue weighted by molar-refractivity contribution is -0.165. The van der Waals surface area contributed by atoms with Crippen LogP contribution in [0.25, 0.3) is 12.2 Å². The lowest BCUT2D eigenvalue weighted by Crippen LogP contribution is -2.37. The summed E-state index contributed by atoms with van der Waals surface area (Å²) in [6.45, 7) is 0. The molecular formula is C24H24O8. The van der Waals surface area contributed by atoms with E-state index in [9.17, 15) is 30.0 Å². The van der Waals surface area contributed by atoms with Gasteiger partial charge in [0.1, 0.15) is 12.2 Å². The van der Waals surface area contributed by atoms with Gasteiger partial charge < -0.3 is 29.9 Å². The Morgan fingerprint density at radius 1 is 0.688 bits per heavy atom. The van der Waals surface area contributed by atoms with Gasteiger partial charge in [0.25, 0.3) is 0 Å². The quantitative estimate of drug-likeness (QED) is 0.304. The van der Waals surface area contributed by atoms with Crippen LogP contribution in [0, 0.1) is 0 Å². The van der Waals surface area contributed by atoms with Crippen molar-refractivity contribution in [1.29, 1.82) is 0 Å². The summed E-state index contributed by atoms with van der Waals surface area (Å²) in [6, 6.07) is 8.30. The highest BCUT2D eigenvalue weighted by atomic mass is 16.6. The normalized spacial score (nSPS) is 18.6. The Hall–Kier alpha value is -3.94. The first kappa shape index (κ1) is 22.7. The monoisotopic (exact) mass is 440 g/mol. The maximum absolute atomic E-state index is 12.2. The number of rotatable bonds is 6. The second-order valence-electron chi connectivity index (χ2n) is 7.40. The summed E-state index contributed by atoms with van der Waals surface area (Å²) >= 11 is 0. The molecular weight excluding hydrogens is 416 g/mol. The molecule has 0 aliphatic heterocycles. The van der Waals surface area contributed by atoms with E-state index in [1.165, 1.54) is 60.7 Å². The Morgan fingerprint density at radius 2 is 1.09 bits per heavy atom. The van der Waals surface area contributed by atoms with Crippen LogP contribution in [0.1, 0.15) is 36.8 Å². The highest BCUT2D eigenvalue weighted by Gasteiger charge is 2.30. The van der Waals surface area contributed by atoms with Crippen molar-refractivity contribution in [3.05, 3.63) is 59.7 Å². The molecule has 0 bridgehead atoms. The summed E-state index contributed by atoms with van der Waals surface area (Å²) in [5, 5.41) is 37.7. The predicted octanol–water partition coefficient (Wildman–Crippen LogP) is 3.63. The average molecular weight is 440 g/mol. The highest BCUT2D eigenvalue weighted by molar-refractivity contribution is 5.88. The van der Waals surface area contributed by atoms with Gasteiger partial charge in [-0.15, -0.1) is 0 Å². The molecule has 0 unspecified atom stereocenters. The van der Waals surface area contributed by atoms with Gasteiger partial charge in [0.2, 0.25) is 0 Å². The van der Waals surface area contributed by atoms with Gasteiger partial charge >= 0.3 is 11.9 Å². The van der Waals surface area contributed by atoms with Crippen molar-refractivity contribution in [2.75, 3.05) is 0 Å². The number of phenols is 4. The topological polar surface area (TPSA) is 134 Å². The molecule has 0 radical (unpaired) electrons. The summed E-state index contributed by atoms with van der Waals surface area (Å²) in [4.78, 5) is 24.4. The molecule has 32 heavy (non-hydrogen) atoms. The van der Waals surface area contributed by atoms with Crippen molar-refractivity contribution in [2.45, 2.75) is 37.9 Å². The Morgan fingerprint density at radius 3 is 1.47 bits per heavy atom. The van der Waals surface area contributed by atoms with E-state index in [1.54, 1.807) is 0 Å². The minimum absolute atomic E-state index is 0.257. The van der Waals surface area contributed by atoms with E-state index in [2.05, 4.69) is 0 Å². The van der Waals surface area contributed by atoms with Gasteiger partial charge in [0.05, 0.1) is 0 Å². The van der Waals surface area contributed by atoms with Gasteiger partial charge in [-0.25, -0.2) is 9.59 Å². The van der Waals surface area contributed by atoms with Crippen LogP contribution in [0.2, 0.25) is 0 Å². The van der Waals surface area contributed by atoms with Gasteiger partial charge in [0.15, 0.2) is 23.0 Å². The zero-order valence-electron chi connectivity index (χ0n) is 17.2. The Balaban J connectivity index is 1.57. The van der Waals surface area contributed by atoms with E-state index < -0.39 is 24.1 Å². The third-order valence-electron chi connectivity index (χ3n) is 5.00. The van der Waals surface area contributed by atoms with Crippen molar-refractivity contribution < 1.29 is 39.5 Å². The smallest absolute Gasteiger partial charge is 0.331 e. The molecule has 1 aliphatic carbocycles. The summed E-state index contributed by atoms with van der Waals surface area (Å²) in [5.74, 6) is -2.33. The molecule has 3 rings (SSSR count). The molecule has 1 fully saturated rings. The van der Waals surface area contributed by atoms with E-state index in [0.29, 0.717) is 24.0 Å². The number of ether oxygens (including phenoxy) is 2. The zero-order valence-corrected chi connectivity index (χ0v) is 17.2. The van der Waals surface area contributed by atoms with E-state index in [1.807, 2.05) is 0 Å².